The molecule has 3 nitrogen and oxygen atoms in total. The van der Waals surface area contributed by atoms with Gasteiger partial charge in [0.1, 0.15) is 11.6 Å². The van der Waals surface area contributed by atoms with Crippen LogP contribution in [0.5, 0.6) is 11.5 Å². The number of nitrogens with one attached hydrogen (secondary N) is 1. The van der Waals surface area contributed by atoms with E-state index in [0.29, 0.717) is 18.9 Å². The van der Waals surface area contributed by atoms with Crippen LogP contribution in [0.2, 0.25) is 0 Å². The SMILES string of the molecule is COCCNCc1ccc(Oc2cc(F)ccc2F)cc1. The highest BCUT2D eigenvalue weighted by molar-refractivity contribution is 5.34. The van der Waals surface area contributed by atoms with Crippen LogP contribution in [0.15, 0.2) is 42.5 Å². The van der Waals surface area contributed by atoms with Gasteiger partial charge in [0.05, 0.1) is 6.61 Å². The molecule has 0 saturated carbocycles. The Morgan fingerprint density at radius 3 is 2.52 bits per heavy atom. The number of methoxy groups -OCH3 is 1. The van der Waals surface area contributed by atoms with Crippen molar-refractivity contribution in [1.82, 2.24) is 5.32 Å². The second kappa shape index (κ2) is 7.71. The van der Waals surface area contributed by atoms with Crippen molar-refractivity contribution in [3.05, 3.63) is 59.7 Å². The lowest BCUT2D eigenvalue weighted by atomic mass is 10.2. The van der Waals surface area contributed by atoms with Gasteiger partial charge in [-0.25, -0.2) is 8.78 Å². The summed E-state index contributed by atoms with van der Waals surface area (Å²) in [5.41, 5.74) is 1.07. The molecule has 1 N–H and O–H groups in total. The first-order valence-electron chi connectivity index (χ1n) is 6.60. The molecule has 0 radical (unpaired) electrons. The summed E-state index contributed by atoms with van der Waals surface area (Å²) in [7, 11) is 1.65. The standard InChI is InChI=1S/C16H17F2NO2/c1-20-9-8-19-11-12-2-5-14(6-3-12)21-16-10-13(17)4-7-15(16)18/h2-7,10,19H,8-9,11H2,1H3. The van der Waals surface area contributed by atoms with E-state index < -0.39 is 11.6 Å². The van der Waals surface area contributed by atoms with E-state index in [4.69, 9.17) is 9.47 Å². The molecule has 0 saturated heterocycles. The second-order valence-corrected chi connectivity index (χ2v) is 4.49. The Bertz CT molecular complexity index is 573. The number of rotatable bonds is 7. The van der Waals surface area contributed by atoms with Crippen molar-refractivity contribution in [3.63, 3.8) is 0 Å². The Morgan fingerprint density at radius 1 is 1.05 bits per heavy atom. The minimum absolute atomic E-state index is 0.124. The summed E-state index contributed by atoms with van der Waals surface area (Å²) in [6, 6.07) is 10.3. The Kier molecular flexibility index (Phi) is 5.66. The lowest BCUT2D eigenvalue weighted by Crippen LogP contribution is -2.18. The Labute approximate surface area is 122 Å². The number of halogens is 2. The largest absolute Gasteiger partial charge is 0.454 e. The van der Waals surface area contributed by atoms with Crippen LogP contribution < -0.4 is 10.1 Å². The van der Waals surface area contributed by atoms with Crippen molar-refractivity contribution in [2.75, 3.05) is 20.3 Å². The predicted octanol–water partition coefficient (Wildman–Crippen LogP) is 3.49. The maximum Gasteiger partial charge on any atom is 0.165 e. The predicted molar refractivity (Wildman–Crippen MR) is 76.5 cm³/mol. The van der Waals surface area contributed by atoms with E-state index in [-0.39, 0.29) is 5.75 Å². The summed E-state index contributed by atoms with van der Waals surface area (Å²) in [6.07, 6.45) is 0. The van der Waals surface area contributed by atoms with Crippen LogP contribution >= 0.6 is 0 Å². The lowest BCUT2D eigenvalue weighted by Gasteiger charge is -2.08. The number of ether oxygens (including phenoxy) is 2. The van der Waals surface area contributed by atoms with Gasteiger partial charge in [-0.3, -0.25) is 0 Å². The molecule has 0 bridgehead atoms. The number of benzene rings is 2. The average molecular weight is 293 g/mol. The van der Waals surface area contributed by atoms with Crippen LogP contribution in [0.3, 0.4) is 0 Å². The fraction of sp³-hybridized carbons (Fsp3) is 0.250. The highest BCUT2D eigenvalue weighted by atomic mass is 19.1. The quantitative estimate of drug-likeness (QED) is 0.793. The molecule has 2 rings (SSSR count). The van der Waals surface area contributed by atoms with Crippen LogP contribution in [0.4, 0.5) is 8.78 Å². The average Bonchev–Trinajstić information content (AvgIpc) is 2.49. The van der Waals surface area contributed by atoms with E-state index in [2.05, 4.69) is 5.32 Å². The molecule has 0 unspecified atom stereocenters. The van der Waals surface area contributed by atoms with Crippen molar-refractivity contribution in [2.24, 2.45) is 0 Å². The fourth-order valence-electron chi connectivity index (χ4n) is 1.76. The molecule has 0 aliphatic rings. The normalized spacial score (nSPS) is 10.6. The zero-order valence-corrected chi connectivity index (χ0v) is 11.7. The van der Waals surface area contributed by atoms with Crippen molar-refractivity contribution >= 4 is 0 Å². The molecule has 0 atom stereocenters. The van der Waals surface area contributed by atoms with Crippen LogP contribution in [0.25, 0.3) is 0 Å². The summed E-state index contributed by atoms with van der Waals surface area (Å²) >= 11 is 0. The molecule has 0 aliphatic carbocycles. The van der Waals surface area contributed by atoms with Crippen molar-refractivity contribution in [2.45, 2.75) is 6.54 Å². The minimum atomic E-state index is -0.596. The van der Waals surface area contributed by atoms with E-state index in [0.717, 1.165) is 30.3 Å². The Balaban J connectivity index is 1.94. The molecule has 0 heterocycles. The van der Waals surface area contributed by atoms with Gasteiger partial charge in [0, 0.05) is 26.3 Å². The molecule has 21 heavy (non-hydrogen) atoms. The summed E-state index contributed by atoms with van der Waals surface area (Å²) in [5.74, 6) is -0.798. The van der Waals surface area contributed by atoms with Crippen LogP contribution in [0.1, 0.15) is 5.56 Å². The third kappa shape index (κ3) is 4.81. The zero-order chi connectivity index (χ0) is 15.1. The molecule has 0 aromatic heterocycles. The highest BCUT2D eigenvalue weighted by Crippen LogP contribution is 2.25. The summed E-state index contributed by atoms with van der Waals surface area (Å²) < 4.78 is 36.8. The van der Waals surface area contributed by atoms with Gasteiger partial charge < -0.3 is 14.8 Å². The van der Waals surface area contributed by atoms with Gasteiger partial charge >= 0.3 is 0 Å². The highest BCUT2D eigenvalue weighted by Gasteiger charge is 2.06. The smallest absolute Gasteiger partial charge is 0.165 e. The number of hydrogen-bond acceptors (Lipinski definition) is 3. The molecule has 112 valence electrons. The first-order valence-corrected chi connectivity index (χ1v) is 6.60. The van der Waals surface area contributed by atoms with E-state index >= 15 is 0 Å². The summed E-state index contributed by atoms with van der Waals surface area (Å²) in [4.78, 5) is 0. The molecular weight excluding hydrogens is 276 g/mol. The van der Waals surface area contributed by atoms with Gasteiger partial charge in [-0.15, -0.1) is 0 Å². The molecule has 2 aromatic rings. The Morgan fingerprint density at radius 2 is 1.81 bits per heavy atom. The lowest BCUT2D eigenvalue weighted by molar-refractivity contribution is 0.199. The van der Waals surface area contributed by atoms with Gasteiger partial charge in [0.25, 0.3) is 0 Å². The van der Waals surface area contributed by atoms with Gasteiger partial charge in [0.15, 0.2) is 11.6 Å². The molecule has 0 spiro atoms. The summed E-state index contributed by atoms with van der Waals surface area (Å²) in [6.45, 7) is 2.13. The second-order valence-electron chi connectivity index (χ2n) is 4.49. The minimum Gasteiger partial charge on any atom is -0.454 e. The van der Waals surface area contributed by atoms with Gasteiger partial charge in [-0.2, -0.15) is 0 Å². The van der Waals surface area contributed by atoms with Crippen LogP contribution in [0, 0.1) is 11.6 Å². The van der Waals surface area contributed by atoms with E-state index in [1.165, 1.54) is 0 Å². The molecule has 0 aliphatic heterocycles. The zero-order valence-electron chi connectivity index (χ0n) is 11.7. The van der Waals surface area contributed by atoms with E-state index in [1.54, 1.807) is 19.2 Å². The first-order chi connectivity index (χ1) is 10.2. The van der Waals surface area contributed by atoms with Crippen LogP contribution in [-0.4, -0.2) is 20.3 Å². The van der Waals surface area contributed by atoms with Gasteiger partial charge in [0.2, 0.25) is 0 Å². The number of hydrogen-bond donors (Lipinski definition) is 1. The topological polar surface area (TPSA) is 30.5 Å². The molecule has 5 heteroatoms. The third-order valence-electron chi connectivity index (χ3n) is 2.86. The maximum absolute atomic E-state index is 13.5. The third-order valence-corrected chi connectivity index (χ3v) is 2.86. The van der Waals surface area contributed by atoms with Crippen molar-refractivity contribution < 1.29 is 18.3 Å². The summed E-state index contributed by atoms with van der Waals surface area (Å²) in [5, 5.41) is 3.21. The molecular formula is C16H17F2NO2. The van der Waals surface area contributed by atoms with Crippen molar-refractivity contribution in [1.29, 1.82) is 0 Å². The molecule has 2 aromatic carbocycles. The maximum atomic E-state index is 13.5. The van der Waals surface area contributed by atoms with Gasteiger partial charge in [-0.1, -0.05) is 12.1 Å². The van der Waals surface area contributed by atoms with Crippen molar-refractivity contribution in [3.8, 4) is 11.5 Å². The Hall–Kier alpha value is -1.98. The van der Waals surface area contributed by atoms with E-state index in [9.17, 15) is 8.78 Å². The van der Waals surface area contributed by atoms with E-state index in [1.807, 2.05) is 12.1 Å². The van der Waals surface area contributed by atoms with Crippen LogP contribution in [-0.2, 0) is 11.3 Å². The molecule has 0 fully saturated rings. The first kappa shape index (κ1) is 15.4. The van der Waals surface area contributed by atoms with Gasteiger partial charge in [-0.05, 0) is 29.8 Å². The molecule has 0 amide bonds. The monoisotopic (exact) mass is 293 g/mol. The fourth-order valence-corrected chi connectivity index (χ4v) is 1.76.